The van der Waals surface area contributed by atoms with Gasteiger partial charge in [0.25, 0.3) is 11.8 Å². The van der Waals surface area contributed by atoms with Gasteiger partial charge in [-0.25, -0.2) is 4.39 Å². The average Bonchev–Trinajstić information content (AvgIpc) is 2.61. The molecule has 0 aromatic heterocycles. The van der Waals surface area contributed by atoms with Crippen LogP contribution in [0.15, 0.2) is 53.7 Å². The molecule has 2 aromatic rings. The zero-order valence-corrected chi connectivity index (χ0v) is 14.4. The van der Waals surface area contributed by atoms with Crippen LogP contribution in [0.25, 0.3) is 0 Å². The highest BCUT2D eigenvalue weighted by Crippen LogP contribution is 2.12. The predicted molar refractivity (Wildman–Crippen MR) is 96.2 cm³/mol. The average molecular weight is 358 g/mol. The van der Waals surface area contributed by atoms with E-state index in [1.165, 1.54) is 29.2 Å². The van der Waals surface area contributed by atoms with Crippen LogP contribution in [0.4, 0.5) is 10.1 Å². The SMILES string of the molecule is CN(C)C(=O)c1cccc(NC(=O)CO/N=C(\N)c2ccc(F)cc2)c1. The van der Waals surface area contributed by atoms with E-state index in [1.54, 1.807) is 38.4 Å². The Labute approximate surface area is 150 Å². The van der Waals surface area contributed by atoms with Crippen molar-refractivity contribution in [1.82, 2.24) is 4.90 Å². The van der Waals surface area contributed by atoms with Gasteiger partial charge in [0.05, 0.1) is 0 Å². The second-order valence-corrected chi connectivity index (χ2v) is 5.59. The van der Waals surface area contributed by atoms with Crippen molar-refractivity contribution in [3.63, 3.8) is 0 Å². The minimum absolute atomic E-state index is 0.0244. The molecule has 26 heavy (non-hydrogen) atoms. The first-order valence-corrected chi connectivity index (χ1v) is 7.70. The summed E-state index contributed by atoms with van der Waals surface area (Å²) < 4.78 is 12.8. The standard InChI is InChI=1S/C18H19FN4O3/c1-23(2)18(25)13-4-3-5-15(10-13)21-16(24)11-26-22-17(20)12-6-8-14(19)9-7-12/h3-10H,11H2,1-2H3,(H2,20,22)(H,21,24). The highest BCUT2D eigenvalue weighted by molar-refractivity contribution is 5.98. The normalized spacial score (nSPS) is 11.0. The lowest BCUT2D eigenvalue weighted by molar-refractivity contribution is -0.120. The maximum Gasteiger partial charge on any atom is 0.265 e. The van der Waals surface area contributed by atoms with E-state index in [1.807, 2.05) is 0 Å². The third kappa shape index (κ3) is 5.30. The maximum atomic E-state index is 12.8. The van der Waals surface area contributed by atoms with Crippen molar-refractivity contribution in [2.45, 2.75) is 0 Å². The zero-order chi connectivity index (χ0) is 19.1. The fraction of sp³-hybridized carbons (Fsp3) is 0.167. The van der Waals surface area contributed by atoms with Crippen LogP contribution in [-0.2, 0) is 9.63 Å². The van der Waals surface area contributed by atoms with E-state index < -0.39 is 11.7 Å². The van der Waals surface area contributed by atoms with Gasteiger partial charge in [0.15, 0.2) is 12.4 Å². The molecule has 8 heteroatoms. The van der Waals surface area contributed by atoms with Gasteiger partial charge in [-0.15, -0.1) is 0 Å². The minimum Gasteiger partial charge on any atom is -0.384 e. The third-order valence-corrected chi connectivity index (χ3v) is 3.30. The number of benzene rings is 2. The van der Waals surface area contributed by atoms with Gasteiger partial charge in [-0.1, -0.05) is 11.2 Å². The molecular formula is C18H19FN4O3. The highest BCUT2D eigenvalue weighted by Gasteiger charge is 2.10. The lowest BCUT2D eigenvalue weighted by Gasteiger charge is -2.11. The molecule has 7 nitrogen and oxygen atoms in total. The number of amides is 2. The van der Waals surface area contributed by atoms with E-state index in [4.69, 9.17) is 10.6 Å². The van der Waals surface area contributed by atoms with Crippen LogP contribution in [0.2, 0.25) is 0 Å². The number of anilines is 1. The quantitative estimate of drug-likeness (QED) is 0.467. The first-order valence-electron chi connectivity index (χ1n) is 7.70. The Balaban J connectivity index is 1.91. The summed E-state index contributed by atoms with van der Waals surface area (Å²) in [5.41, 5.74) is 7.08. The molecule has 2 amide bonds. The molecule has 0 heterocycles. The van der Waals surface area contributed by atoms with E-state index in [9.17, 15) is 14.0 Å². The first kappa shape index (κ1) is 18.9. The molecule has 0 spiro atoms. The Bertz CT molecular complexity index is 819. The van der Waals surface area contributed by atoms with Crippen molar-refractivity contribution in [2.75, 3.05) is 26.0 Å². The van der Waals surface area contributed by atoms with Gasteiger partial charge in [-0.2, -0.15) is 0 Å². The monoisotopic (exact) mass is 358 g/mol. The van der Waals surface area contributed by atoms with E-state index in [-0.39, 0.29) is 18.3 Å². The topological polar surface area (TPSA) is 97.0 Å². The summed E-state index contributed by atoms with van der Waals surface area (Å²) in [7, 11) is 3.29. The molecule has 0 aliphatic rings. The van der Waals surface area contributed by atoms with Crippen LogP contribution in [0, 0.1) is 5.82 Å². The highest BCUT2D eigenvalue weighted by atomic mass is 19.1. The minimum atomic E-state index is -0.463. The number of oxime groups is 1. The Morgan fingerprint density at radius 1 is 1.15 bits per heavy atom. The molecule has 0 aliphatic carbocycles. The molecule has 2 rings (SSSR count). The summed E-state index contributed by atoms with van der Waals surface area (Å²) in [4.78, 5) is 30.2. The summed E-state index contributed by atoms with van der Waals surface area (Å²) in [6, 6.07) is 11.9. The van der Waals surface area contributed by atoms with Gasteiger partial charge in [0, 0.05) is 30.9 Å². The number of carbonyl (C=O) groups is 2. The van der Waals surface area contributed by atoms with Crippen LogP contribution < -0.4 is 11.1 Å². The second-order valence-electron chi connectivity index (χ2n) is 5.59. The van der Waals surface area contributed by atoms with E-state index in [0.29, 0.717) is 16.8 Å². The second kappa shape index (κ2) is 8.61. The molecule has 0 fully saturated rings. The van der Waals surface area contributed by atoms with Gasteiger partial charge < -0.3 is 20.8 Å². The van der Waals surface area contributed by atoms with Crippen molar-refractivity contribution in [1.29, 1.82) is 0 Å². The van der Waals surface area contributed by atoms with Gasteiger partial charge in [-0.05, 0) is 42.5 Å². The number of nitrogens with two attached hydrogens (primary N) is 1. The summed E-state index contributed by atoms with van der Waals surface area (Å²) in [5, 5.41) is 6.23. The number of hydrogen-bond donors (Lipinski definition) is 2. The number of nitrogens with one attached hydrogen (secondary N) is 1. The van der Waals surface area contributed by atoms with Gasteiger partial charge in [0.1, 0.15) is 5.82 Å². The van der Waals surface area contributed by atoms with Gasteiger partial charge in [-0.3, -0.25) is 9.59 Å². The maximum absolute atomic E-state index is 12.8. The van der Waals surface area contributed by atoms with Crippen LogP contribution in [-0.4, -0.2) is 43.3 Å². The molecular weight excluding hydrogens is 339 g/mol. The summed E-state index contributed by atoms with van der Waals surface area (Å²) in [6.45, 7) is -0.367. The van der Waals surface area contributed by atoms with Gasteiger partial charge in [0.2, 0.25) is 0 Å². The number of hydrogen-bond acceptors (Lipinski definition) is 4. The molecule has 0 radical (unpaired) electrons. The Hall–Kier alpha value is -3.42. The first-order chi connectivity index (χ1) is 12.4. The van der Waals surface area contributed by atoms with Crippen molar-refractivity contribution in [2.24, 2.45) is 10.9 Å². The molecule has 0 saturated carbocycles. The third-order valence-electron chi connectivity index (χ3n) is 3.30. The van der Waals surface area contributed by atoms with Gasteiger partial charge >= 0.3 is 0 Å². The number of halogens is 1. The lowest BCUT2D eigenvalue weighted by Crippen LogP contribution is -2.22. The fourth-order valence-corrected chi connectivity index (χ4v) is 2.02. The molecule has 0 atom stereocenters. The van der Waals surface area contributed by atoms with E-state index >= 15 is 0 Å². The Morgan fingerprint density at radius 3 is 2.50 bits per heavy atom. The summed E-state index contributed by atoms with van der Waals surface area (Å²) >= 11 is 0. The molecule has 0 bridgehead atoms. The van der Waals surface area contributed by atoms with Crippen molar-refractivity contribution in [3.05, 3.63) is 65.5 Å². The molecule has 0 unspecified atom stereocenters. The molecule has 3 N–H and O–H groups in total. The van der Waals surface area contributed by atoms with Crippen molar-refractivity contribution >= 4 is 23.3 Å². The molecule has 136 valence electrons. The zero-order valence-electron chi connectivity index (χ0n) is 14.4. The number of carbonyl (C=O) groups excluding carboxylic acids is 2. The van der Waals surface area contributed by atoms with E-state index in [2.05, 4.69) is 10.5 Å². The van der Waals surface area contributed by atoms with Crippen LogP contribution in [0.5, 0.6) is 0 Å². The lowest BCUT2D eigenvalue weighted by atomic mass is 10.2. The Morgan fingerprint density at radius 2 is 1.85 bits per heavy atom. The number of rotatable bonds is 6. The molecule has 0 aliphatic heterocycles. The predicted octanol–water partition coefficient (Wildman–Crippen LogP) is 1.80. The smallest absolute Gasteiger partial charge is 0.265 e. The molecule has 0 saturated heterocycles. The summed E-state index contributed by atoms with van der Waals surface area (Å²) in [6.07, 6.45) is 0. The van der Waals surface area contributed by atoms with Crippen LogP contribution >= 0.6 is 0 Å². The fourth-order valence-electron chi connectivity index (χ4n) is 2.02. The van der Waals surface area contributed by atoms with Crippen LogP contribution in [0.3, 0.4) is 0 Å². The Kier molecular flexibility index (Phi) is 6.26. The van der Waals surface area contributed by atoms with E-state index in [0.717, 1.165) is 0 Å². The van der Waals surface area contributed by atoms with Crippen molar-refractivity contribution < 1.29 is 18.8 Å². The van der Waals surface area contributed by atoms with Crippen molar-refractivity contribution in [3.8, 4) is 0 Å². The number of amidine groups is 1. The number of nitrogens with zero attached hydrogens (tertiary/aromatic N) is 2. The molecule has 2 aromatic carbocycles. The largest absolute Gasteiger partial charge is 0.384 e. The van der Waals surface area contributed by atoms with Crippen LogP contribution in [0.1, 0.15) is 15.9 Å². The summed E-state index contributed by atoms with van der Waals surface area (Å²) in [5.74, 6) is -1.00.